The van der Waals surface area contributed by atoms with Gasteiger partial charge in [-0.15, -0.1) is 0 Å². The number of nitrogens with one attached hydrogen (secondary N) is 1. The Morgan fingerprint density at radius 1 is 1.80 bits per heavy atom. The van der Waals surface area contributed by atoms with Crippen molar-refractivity contribution in [2.75, 3.05) is 26.9 Å². The van der Waals surface area contributed by atoms with Crippen molar-refractivity contribution in [3.05, 3.63) is 0 Å². The van der Waals surface area contributed by atoms with Crippen LogP contribution in [0, 0.1) is 0 Å². The van der Waals surface area contributed by atoms with Crippen LogP contribution in [0.2, 0.25) is 0 Å². The molecule has 0 aromatic heterocycles. The Bertz CT molecular complexity index is 213. The number of aliphatic hydroxyl groups is 1. The highest BCUT2D eigenvalue weighted by molar-refractivity contribution is 5.81. The average Bonchev–Trinajstić information content (AvgIpc) is 2.72. The molecule has 0 saturated carbocycles. The van der Waals surface area contributed by atoms with Gasteiger partial charge in [-0.25, -0.2) is 5.84 Å². The maximum Gasteiger partial charge on any atom is 0.253 e. The fourth-order valence-electron chi connectivity index (χ4n) is 2.04. The van der Waals surface area contributed by atoms with Crippen molar-refractivity contribution in [1.29, 1.82) is 0 Å². The molecule has 0 aliphatic carbocycles. The molecule has 4 N–H and O–H groups in total. The van der Waals surface area contributed by atoms with Gasteiger partial charge in [-0.1, -0.05) is 0 Å². The van der Waals surface area contributed by atoms with Crippen LogP contribution < -0.4 is 11.3 Å². The van der Waals surface area contributed by atoms with Crippen molar-refractivity contribution in [3.8, 4) is 0 Å². The number of hydrogen-bond donors (Lipinski definition) is 3. The molecule has 0 spiro atoms. The number of rotatable bonds is 5. The minimum atomic E-state index is -0.403. The quantitative estimate of drug-likeness (QED) is 0.295. The van der Waals surface area contributed by atoms with Crippen molar-refractivity contribution in [2.45, 2.75) is 24.9 Å². The van der Waals surface area contributed by atoms with Gasteiger partial charge in [-0.05, 0) is 19.4 Å². The lowest BCUT2D eigenvalue weighted by Gasteiger charge is -2.30. The summed E-state index contributed by atoms with van der Waals surface area (Å²) in [6, 6.07) is -0.359. The highest BCUT2D eigenvalue weighted by Crippen LogP contribution is 2.19. The molecule has 1 rings (SSSR count). The third-order valence-electron chi connectivity index (χ3n) is 2.80. The fourth-order valence-corrected chi connectivity index (χ4v) is 2.04. The number of methoxy groups -OCH3 is 1. The number of nitrogens with two attached hydrogens (primary N) is 1. The van der Waals surface area contributed by atoms with E-state index in [0.717, 1.165) is 19.4 Å². The number of hydrazine groups is 1. The number of carbonyl (C=O) groups excluding carboxylic acids is 1. The Labute approximate surface area is 89.3 Å². The summed E-state index contributed by atoms with van der Waals surface area (Å²) in [5.41, 5.74) is 2.13. The van der Waals surface area contributed by atoms with Crippen molar-refractivity contribution in [1.82, 2.24) is 10.3 Å². The number of hydrogen-bond acceptors (Lipinski definition) is 5. The van der Waals surface area contributed by atoms with Crippen molar-refractivity contribution in [2.24, 2.45) is 5.84 Å². The second-order valence-electron chi connectivity index (χ2n) is 3.70. The monoisotopic (exact) mass is 217 g/mol. The maximum absolute atomic E-state index is 11.5. The molecule has 0 aromatic rings. The van der Waals surface area contributed by atoms with Crippen LogP contribution in [0.3, 0.4) is 0 Å². The highest BCUT2D eigenvalue weighted by atomic mass is 16.5. The van der Waals surface area contributed by atoms with Gasteiger partial charge in [0, 0.05) is 13.2 Å². The number of aliphatic hydroxyl groups excluding tert-OH is 1. The first-order chi connectivity index (χ1) is 7.24. The van der Waals surface area contributed by atoms with Crippen molar-refractivity contribution >= 4 is 5.91 Å². The van der Waals surface area contributed by atoms with Gasteiger partial charge in [-0.2, -0.15) is 0 Å². The third kappa shape index (κ3) is 2.88. The lowest BCUT2D eigenvalue weighted by atomic mass is 10.2. The molecular formula is C9H19N3O3. The Hall–Kier alpha value is -0.690. The van der Waals surface area contributed by atoms with Gasteiger partial charge >= 0.3 is 0 Å². The van der Waals surface area contributed by atoms with Gasteiger partial charge in [0.25, 0.3) is 5.91 Å². The lowest BCUT2D eigenvalue weighted by Crippen LogP contribution is -2.53. The van der Waals surface area contributed by atoms with Gasteiger partial charge in [0.05, 0.1) is 13.2 Å². The van der Waals surface area contributed by atoms with Gasteiger partial charge in [0.1, 0.15) is 6.04 Å². The molecule has 6 heteroatoms. The Morgan fingerprint density at radius 2 is 2.53 bits per heavy atom. The molecule has 1 heterocycles. The first kappa shape index (κ1) is 12.4. The minimum absolute atomic E-state index is 0.0439. The third-order valence-corrected chi connectivity index (χ3v) is 2.80. The lowest BCUT2D eigenvalue weighted by molar-refractivity contribution is -0.129. The number of carbonyl (C=O) groups is 1. The van der Waals surface area contributed by atoms with E-state index in [0.29, 0.717) is 6.61 Å². The van der Waals surface area contributed by atoms with E-state index in [1.54, 1.807) is 7.11 Å². The molecule has 0 aromatic carbocycles. The number of likely N-dealkylation sites (tertiary alicyclic amines) is 1. The fraction of sp³-hybridized carbons (Fsp3) is 0.889. The molecule has 2 atom stereocenters. The Kier molecular flexibility index (Phi) is 4.97. The van der Waals surface area contributed by atoms with Gasteiger partial charge < -0.3 is 9.84 Å². The topological polar surface area (TPSA) is 87.8 Å². The van der Waals surface area contributed by atoms with Crippen molar-refractivity contribution in [3.63, 3.8) is 0 Å². The molecule has 1 amide bonds. The average molecular weight is 217 g/mol. The summed E-state index contributed by atoms with van der Waals surface area (Å²) in [7, 11) is 1.54. The first-order valence-corrected chi connectivity index (χ1v) is 5.10. The normalized spacial score (nSPS) is 24.1. The molecular weight excluding hydrogens is 198 g/mol. The smallest absolute Gasteiger partial charge is 0.253 e. The first-order valence-electron chi connectivity index (χ1n) is 5.10. The van der Waals surface area contributed by atoms with Crippen LogP contribution in [0.25, 0.3) is 0 Å². The summed E-state index contributed by atoms with van der Waals surface area (Å²) < 4.78 is 4.99. The molecule has 2 unspecified atom stereocenters. The van der Waals surface area contributed by atoms with Crippen LogP contribution in [-0.2, 0) is 9.53 Å². The summed E-state index contributed by atoms with van der Waals surface area (Å²) >= 11 is 0. The molecule has 88 valence electrons. The van der Waals surface area contributed by atoms with Crippen LogP contribution in [0.15, 0.2) is 0 Å². The maximum atomic E-state index is 11.5. The highest BCUT2D eigenvalue weighted by Gasteiger charge is 2.34. The standard InChI is InChI=1S/C9H19N3O3/c1-15-6-8(9(14)11-10)12-4-2-3-7(12)5-13/h7-8,13H,2-6,10H2,1H3,(H,11,14). The number of nitrogens with zero attached hydrogens (tertiary/aromatic N) is 1. The van der Waals surface area contributed by atoms with Crippen LogP contribution in [-0.4, -0.2) is 54.9 Å². The van der Waals surface area contributed by atoms with Crippen LogP contribution in [0.4, 0.5) is 0 Å². The molecule has 0 radical (unpaired) electrons. The van der Waals surface area contributed by atoms with E-state index in [1.165, 1.54) is 0 Å². The van der Waals surface area contributed by atoms with E-state index < -0.39 is 6.04 Å². The van der Waals surface area contributed by atoms with Crippen LogP contribution in [0.1, 0.15) is 12.8 Å². The summed E-state index contributed by atoms with van der Waals surface area (Å²) in [6.45, 7) is 1.16. The van der Waals surface area contributed by atoms with Gasteiger partial charge in [0.15, 0.2) is 0 Å². The second kappa shape index (κ2) is 6.02. The molecule has 1 fully saturated rings. The predicted molar refractivity (Wildman–Crippen MR) is 54.8 cm³/mol. The van der Waals surface area contributed by atoms with Crippen LogP contribution >= 0.6 is 0 Å². The Morgan fingerprint density at radius 3 is 3.07 bits per heavy atom. The van der Waals surface area contributed by atoms with E-state index in [-0.39, 0.29) is 18.6 Å². The summed E-state index contributed by atoms with van der Waals surface area (Å²) in [6.07, 6.45) is 1.90. The summed E-state index contributed by atoms with van der Waals surface area (Å²) in [4.78, 5) is 13.5. The largest absolute Gasteiger partial charge is 0.395 e. The van der Waals surface area contributed by atoms with Crippen LogP contribution in [0.5, 0.6) is 0 Å². The minimum Gasteiger partial charge on any atom is -0.395 e. The molecule has 1 saturated heterocycles. The molecule has 1 aliphatic heterocycles. The number of ether oxygens (including phenoxy) is 1. The van der Waals surface area contributed by atoms with E-state index in [4.69, 9.17) is 15.7 Å². The summed E-state index contributed by atoms with van der Waals surface area (Å²) in [5.74, 6) is 4.85. The SMILES string of the molecule is COCC(C(=O)NN)N1CCCC1CO. The molecule has 6 nitrogen and oxygen atoms in total. The van der Waals surface area contributed by atoms with Crippen molar-refractivity contribution < 1.29 is 14.6 Å². The van der Waals surface area contributed by atoms with Gasteiger partial charge in [-0.3, -0.25) is 15.1 Å². The predicted octanol–water partition coefficient (Wildman–Crippen LogP) is -1.55. The van der Waals surface area contributed by atoms with E-state index >= 15 is 0 Å². The van der Waals surface area contributed by atoms with E-state index in [1.807, 2.05) is 4.90 Å². The van der Waals surface area contributed by atoms with Gasteiger partial charge in [0.2, 0.25) is 0 Å². The zero-order chi connectivity index (χ0) is 11.3. The molecule has 1 aliphatic rings. The molecule has 0 bridgehead atoms. The summed E-state index contributed by atoms with van der Waals surface area (Å²) in [5, 5.41) is 9.16. The number of amides is 1. The Balaban J connectivity index is 2.65. The second-order valence-corrected chi connectivity index (χ2v) is 3.70. The van der Waals surface area contributed by atoms with E-state index in [2.05, 4.69) is 5.43 Å². The zero-order valence-corrected chi connectivity index (χ0v) is 8.98. The zero-order valence-electron chi connectivity index (χ0n) is 8.98. The molecule has 15 heavy (non-hydrogen) atoms. The van der Waals surface area contributed by atoms with E-state index in [9.17, 15) is 4.79 Å².